The van der Waals surface area contributed by atoms with Crippen molar-refractivity contribution in [3.8, 4) is 0 Å². The van der Waals surface area contributed by atoms with Gasteiger partial charge in [-0.25, -0.2) is 0 Å². The van der Waals surface area contributed by atoms with Crippen LogP contribution in [-0.2, 0) is 4.79 Å². The molecule has 2 unspecified atom stereocenters. The van der Waals surface area contributed by atoms with Crippen LogP contribution < -0.4 is 5.32 Å². The van der Waals surface area contributed by atoms with Crippen molar-refractivity contribution in [2.45, 2.75) is 418 Å². The summed E-state index contributed by atoms with van der Waals surface area (Å²) in [6.45, 7) is 4.35. The molecule has 0 aliphatic carbocycles. The summed E-state index contributed by atoms with van der Waals surface area (Å²) >= 11 is 0. The number of rotatable bonds is 67. The molecule has 0 aromatic rings. The first kappa shape index (κ1) is 75.6. The van der Waals surface area contributed by atoms with E-state index < -0.39 is 12.1 Å². The molecule has 0 radical (unpaired) electrons. The quantitative estimate of drug-likeness (QED) is 0.0420. The maximum atomic E-state index is 12.5. The Labute approximate surface area is 484 Å². The Bertz CT molecular complexity index is 1180. The van der Waals surface area contributed by atoms with E-state index in [1.54, 1.807) is 6.08 Å². The highest BCUT2D eigenvalue weighted by molar-refractivity contribution is 5.76. The van der Waals surface area contributed by atoms with Crippen molar-refractivity contribution in [3.63, 3.8) is 0 Å². The Morgan fingerprint density at radius 2 is 0.506 bits per heavy atom. The highest BCUT2D eigenvalue weighted by atomic mass is 16.3. The molecule has 0 aromatic carbocycles. The van der Waals surface area contributed by atoms with Crippen molar-refractivity contribution in [3.05, 3.63) is 36.5 Å². The average Bonchev–Trinajstić information content (AvgIpc) is 3.43. The Morgan fingerprint density at radius 1 is 0.299 bits per heavy atom. The predicted octanol–water partition coefficient (Wildman–Crippen LogP) is 24.3. The molecule has 0 spiro atoms. The molecular weight excluding hydrogens is 939 g/mol. The molecule has 0 heterocycles. The van der Waals surface area contributed by atoms with E-state index in [2.05, 4.69) is 43.5 Å². The minimum absolute atomic E-state index is 0.0692. The van der Waals surface area contributed by atoms with Gasteiger partial charge in [0, 0.05) is 6.42 Å². The molecule has 0 aliphatic rings. The van der Waals surface area contributed by atoms with Crippen molar-refractivity contribution in [1.29, 1.82) is 0 Å². The largest absolute Gasteiger partial charge is 0.394 e. The SMILES string of the molecule is CCCCCCCCCCCCCCCCCCCCC/C=C/CC/C=C/CC/C=C/C(O)C(CO)NC(=O)CCCCCCCCCCCCCCCCCCCCCCCCCCCCCCCCCCCCCC. The van der Waals surface area contributed by atoms with Crippen molar-refractivity contribution in [2.75, 3.05) is 6.61 Å². The Morgan fingerprint density at radius 3 is 0.753 bits per heavy atom. The number of aliphatic hydroxyl groups excluding tert-OH is 2. The fraction of sp³-hybridized carbons (Fsp3) is 0.904. The van der Waals surface area contributed by atoms with Crippen molar-refractivity contribution < 1.29 is 15.0 Å². The van der Waals surface area contributed by atoms with E-state index >= 15 is 0 Å². The van der Waals surface area contributed by atoms with Crippen LogP contribution in [0.4, 0.5) is 0 Å². The van der Waals surface area contributed by atoms with Gasteiger partial charge < -0.3 is 15.5 Å². The van der Waals surface area contributed by atoms with E-state index in [0.29, 0.717) is 6.42 Å². The Balaban J connectivity index is 3.44. The number of allylic oxidation sites excluding steroid dienone is 5. The second-order valence-electron chi connectivity index (χ2n) is 24.6. The summed E-state index contributed by atoms with van der Waals surface area (Å²) in [6, 6.07) is -0.646. The van der Waals surface area contributed by atoms with Crippen LogP contribution in [-0.4, -0.2) is 34.9 Å². The summed E-state index contributed by atoms with van der Waals surface area (Å²) in [5, 5.41) is 23.3. The fourth-order valence-corrected chi connectivity index (χ4v) is 11.5. The molecule has 0 saturated heterocycles. The summed E-state index contributed by atoms with van der Waals surface area (Å²) in [6.07, 6.45) is 95.4. The van der Waals surface area contributed by atoms with Gasteiger partial charge >= 0.3 is 0 Å². The molecule has 1 amide bonds. The first-order chi connectivity index (χ1) is 38.2. The minimum atomic E-state index is -0.871. The third-order valence-electron chi connectivity index (χ3n) is 16.9. The predicted molar refractivity (Wildman–Crippen MR) is 345 cm³/mol. The van der Waals surface area contributed by atoms with Crippen LogP contribution in [0.15, 0.2) is 36.5 Å². The maximum absolute atomic E-state index is 12.5. The van der Waals surface area contributed by atoms with Gasteiger partial charge in [-0.2, -0.15) is 0 Å². The molecule has 77 heavy (non-hydrogen) atoms. The fourth-order valence-electron chi connectivity index (χ4n) is 11.5. The van der Waals surface area contributed by atoms with Crippen LogP contribution in [0.2, 0.25) is 0 Å². The third kappa shape index (κ3) is 65.3. The first-order valence-electron chi connectivity index (χ1n) is 35.7. The van der Waals surface area contributed by atoms with Gasteiger partial charge in [-0.3, -0.25) is 4.79 Å². The Hall–Kier alpha value is -1.39. The van der Waals surface area contributed by atoms with E-state index in [9.17, 15) is 15.0 Å². The summed E-state index contributed by atoms with van der Waals surface area (Å²) in [5.74, 6) is -0.0692. The normalized spacial score (nSPS) is 12.8. The molecule has 0 fully saturated rings. The van der Waals surface area contributed by atoms with Crippen molar-refractivity contribution >= 4 is 5.91 Å². The van der Waals surface area contributed by atoms with E-state index in [1.807, 2.05) is 6.08 Å². The Kier molecular flexibility index (Phi) is 67.6. The summed E-state index contributed by atoms with van der Waals surface area (Å²) in [7, 11) is 0. The van der Waals surface area contributed by atoms with Crippen molar-refractivity contribution in [1.82, 2.24) is 5.32 Å². The molecule has 456 valence electrons. The van der Waals surface area contributed by atoms with Gasteiger partial charge in [0.15, 0.2) is 0 Å². The lowest BCUT2D eigenvalue weighted by Gasteiger charge is -2.19. The molecule has 0 aliphatic heterocycles. The molecule has 4 nitrogen and oxygen atoms in total. The number of aliphatic hydroxyl groups is 2. The van der Waals surface area contributed by atoms with Gasteiger partial charge in [0.25, 0.3) is 0 Å². The van der Waals surface area contributed by atoms with Crippen molar-refractivity contribution in [2.24, 2.45) is 0 Å². The van der Waals surface area contributed by atoms with Gasteiger partial charge in [-0.05, 0) is 44.9 Å². The van der Waals surface area contributed by atoms with Gasteiger partial charge in [0.05, 0.1) is 18.8 Å². The molecule has 2 atom stereocenters. The first-order valence-corrected chi connectivity index (χ1v) is 35.7. The number of nitrogens with one attached hydrogen (secondary N) is 1. The number of carbonyl (C=O) groups is 1. The van der Waals surface area contributed by atoms with Gasteiger partial charge in [0.1, 0.15) is 0 Å². The third-order valence-corrected chi connectivity index (χ3v) is 16.9. The molecule has 4 heteroatoms. The second kappa shape index (κ2) is 68.9. The summed E-state index contributed by atoms with van der Waals surface area (Å²) in [4.78, 5) is 12.5. The van der Waals surface area contributed by atoms with Crippen LogP contribution in [0.5, 0.6) is 0 Å². The molecule has 0 saturated carbocycles. The lowest BCUT2D eigenvalue weighted by atomic mass is 10.0. The molecular formula is C73H141NO3. The van der Waals surface area contributed by atoms with Crippen LogP contribution >= 0.6 is 0 Å². The standard InChI is InChI=1S/C73H141NO3/c1-3-5-7-9-11-13-15-17-19-21-23-25-27-29-31-33-34-35-36-37-38-39-41-43-45-47-49-51-53-55-57-59-61-63-65-67-69-73(77)74-71(70-75)72(76)68-66-64-62-60-58-56-54-52-50-48-46-44-42-40-32-30-28-26-24-22-20-18-16-14-12-10-8-6-4-2/h50,52,58,60,66,68,71-72,75-76H,3-49,51,53-57,59,61-65,67,69-70H2,1-2H3,(H,74,77)/b52-50+,60-58+,68-66+. The highest BCUT2D eigenvalue weighted by Gasteiger charge is 2.18. The summed E-state index contributed by atoms with van der Waals surface area (Å²) < 4.78 is 0. The lowest BCUT2D eigenvalue weighted by molar-refractivity contribution is -0.123. The zero-order valence-corrected chi connectivity index (χ0v) is 52.8. The highest BCUT2D eigenvalue weighted by Crippen LogP contribution is 2.19. The molecule has 0 rings (SSSR count). The van der Waals surface area contributed by atoms with E-state index in [1.165, 1.54) is 347 Å². The number of unbranched alkanes of at least 4 members (excludes halogenated alkanes) is 56. The molecule has 0 aromatic heterocycles. The number of carbonyl (C=O) groups excluding carboxylic acids is 1. The second-order valence-corrected chi connectivity index (χ2v) is 24.6. The number of amides is 1. The van der Waals surface area contributed by atoms with Gasteiger partial charge in [-0.1, -0.05) is 391 Å². The van der Waals surface area contributed by atoms with Crippen LogP contribution in [0, 0.1) is 0 Å². The van der Waals surface area contributed by atoms with Gasteiger partial charge in [0.2, 0.25) is 5.91 Å². The van der Waals surface area contributed by atoms with E-state index in [0.717, 1.165) is 38.5 Å². The monoisotopic (exact) mass is 1080 g/mol. The number of hydrogen-bond acceptors (Lipinski definition) is 3. The minimum Gasteiger partial charge on any atom is -0.394 e. The lowest BCUT2D eigenvalue weighted by Crippen LogP contribution is -2.45. The zero-order valence-electron chi connectivity index (χ0n) is 52.8. The smallest absolute Gasteiger partial charge is 0.220 e. The molecule has 3 N–H and O–H groups in total. The van der Waals surface area contributed by atoms with Crippen LogP contribution in [0.25, 0.3) is 0 Å². The summed E-state index contributed by atoms with van der Waals surface area (Å²) in [5.41, 5.74) is 0. The number of hydrogen-bond donors (Lipinski definition) is 3. The van der Waals surface area contributed by atoms with E-state index in [-0.39, 0.29) is 12.5 Å². The zero-order chi connectivity index (χ0) is 55.5. The van der Waals surface area contributed by atoms with Crippen LogP contribution in [0.1, 0.15) is 406 Å². The maximum Gasteiger partial charge on any atom is 0.220 e. The average molecular weight is 1080 g/mol. The van der Waals surface area contributed by atoms with E-state index in [4.69, 9.17) is 0 Å². The van der Waals surface area contributed by atoms with Crippen LogP contribution in [0.3, 0.4) is 0 Å². The topological polar surface area (TPSA) is 69.6 Å². The molecule has 0 bridgehead atoms. The van der Waals surface area contributed by atoms with Gasteiger partial charge in [-0.15, -0.1) is 0 Å².